The fraction of sp³-hybridized carbons (Fsp3) is 0.0500. The van der Waals surface area contributed by atoms with Crippen molar-refractivity contribution >= 4 is 75.6 Å². The molecule has 0 N–H and O–H groups in total. The van der Waals surface area contributed by atoms with E-state index in [4.69, 9.17) is 12.9 Å². The van der Waals surface area contributed by atoms with Gasteiger partial charge in [-0.05, 0) is 83.2 Å². The van der Waals surface area contributed by atoms with Gasteiger partial charge in [-0.2, -0.15) is 0 Å². The van der Waals surface area contributed by atoms with E-state index >= 15 is 0 Å². The lowest BCUT2D eigenvalue weighted by Crippen LogP contribution is -2.22. The fourth-order valence-corrected chi connectivity index (χ4v) is 9.74. The van der Waals surface area contributed by atoms with Crippen LogP contribution in [-0.4, -0.2) is 0 Å². The molecule has 0 unspecified atom stereocenters. The normalized spacial score (nSPS) is 11.5. The Hall–Kier alpha value is -4.81. The molecule has 218 valence electrons. The van der Waals surface area contributed by atoms with Gasteiger partial charge in [-0.15, -0.1) is 0 Å². The summed E-state index contributed by atoms with van der Waals surface area (Å²) in [7, 11) is -2.76. The summed E-state index contributed by atoms with van der Waals surface area (Å²) in [6.07, 6.45) is 0. The van der Waals surface area contributed by atoms with Gasteiger partial charge in [0.15, 0.2) is 0 Å². The van der Waals surface area contributed by atoms with Crippen molar-refractivity contribution in [1.82, 2.24) is 0 Å². The van der Waals surface area contributed by atoms with Crippen molar-refractivity contribution < 1.29 is 12.9 Å². The Bertz CT molecular complexity index is 2240. The Morgan fingerprint density at radius 1 is 0.511 bits per heavy atom. The van der Waals surface area contributed by atoms with Gasteiger partial charge in [-0.3, -0.25) is 0 Å². The van der Waals surface area contributed by atoms with Crippen molar-refractivity contribution in [3.63, 3.8) is 0 Å². The van der Waals surface area contributed by atoms with Crippen molar-refractivity contribution in [1.29, 1.82) is 0 Å². The van der Waals surface area contributed by atoms with Crippen LogP contribution < -0.4 is 20.4 Å². The second-order valence-electron chi connectivity index (χ2n) is 11.2. The van der Waals surface area contributed by atoms with E-state index in [1.165, 1.54) is 10.6 Å². The molecular formula is C40H30O3P2. The number of fused-ring (bicyclic) bond motifs is 7. The largest absolute Gasteiger partial charge is 0.453 e. The van der Waals surface area contributed by atoms with Crippen LogP contribution in [0.15, 0.2) is 154 Å². The molecule has 0 atom stereocenters. The first-order valence-corrected chi connectivity index (χ1v) is 17.5. The van der Waals surface area contributed by atoms with Gasteiger partial charge in [0.25, 0.3) is 0 Å². The summed E-state index contributed by atoms with van der Waals surface area (Å²) in [5.41, 5.74) is 3.76. The highest BCUT2D eigenvalue weighted by atomic mass is 31.1. The lowest BCUT2D eigenvalue weighted by Gasteiger charge is -2.23. The first-order valence-electron chi connectivity index (χ1n) is 15.0. The number of hydrogen-bond donors (Lipinski definition) is 0. The molecule has 8 aromatic rings. The summed E-state index contributed by atoms with van der Waals surface area (Å²) >= 11 is 0. The fourth-order valence-electron chi connectivity index (χ4n) is 6.11. The third kappa shape index (κ3) is 4.99. The molecule has 0 spiro atoms. The Morgan fingerprint density at radius 3 is 1.53 bits per heavy atom. The number of hydrogen-bond acceptors (Lipinski definition) is 3. The second kappa shape index (κ2) is 11.6. The van der Waals surface area contributed by atoms with Crippen LogP contribution in [0.25, 0.3) is 43.5 Å². The standard InChI is InChI=1S/C40H30O3P2/c1-27-21-26-37(44(31-15-5-3-6-16-31)32-17-7-4-8-18-32)40(28(27)2)43-45-41-35-24-22-29-13-9-11-19-33(29)38(35)39-34-20-12-10-14-30(34)23-25-36(39)42-45/h3-26H,1-2H3. The SMILES string of the molecule is Cc1ccc(P(c2ccccc2)c2ccccc2)c(Op2oc3ccc4ccccc4c3c3c(ccc4ccccc43)o2)c1C. The van der Waals surface area contributed by atoms with Gasteiger partial charge in [-0.25, -0.2) is 0 Å². The average molecular weight is 621 g/mol. The summed E-state index contributed by atoms with van der Waals surface area (Å²) < 4.78 is 20.5. The van der Waals surface area contributed by atoms with Crippen LogP contribution >= 0.6 is 16.2 Å². The minimum absolute atomic E-state index is 0.759. The monoisotopic (exact) mass is 620 g/mol. The van der Waals surface area contributed by atoms with Crippen LogP contribution in [-0.2, 0) is 0 Å². The van der Waals surface area contributed by atoms with Crippen molar-refractivity contribution in [3.05, 3.63) is 157 Å². The Labute approximate surface area is 264 Å². The molecule has 1 heterocycles. The zero-order valence-corrected chi connectivity index (χ0v) is 26.8. The van der Waals surface area contributed by atoms with Crippen molar-refractivity contribution in [2.45, 2.75) is 13.8 Å². The van der Waals surface area contributed by atoms with Crippen molar-refractivity contribution in [2.75, 3.05) is 0 Å². The van der Waals surface area contributed by atoms with Crippen LogP contribution in [0.3, 0.4) is 0 Å². The quantitative estimate of drug-likeness (QED) is 0.180. The van der Waals surface area contributed by atoms with Crippen LogP contribution in [0.2, 0.25) is 0 Å². The molecule has 0 amide bonds. The van der Waals surface area contributed by atoms with Gasteiger partial charge in [0, 0.05) is 16.1 Å². The zero-order chi connectivity index (χ0) is 30.3. The third-order valence-electron chi connectivity index (χ3n) is 8.47. The second-order valence-corrected chi connectivity index (χ2v) is 14.4. The van der Waals surface area contributed by atoms with E-state index in [2.05, 4.69) is 159 Å². The summed E-state index contributed by atoms with van der Waals surface area (Å²) in [6, 6.07) is 51.1. The summed E-state index contributed by atoms with van der Waals surface area (Å²) in [4.78, 5) is 0. The molecule has 8 rings (SSSR count). The molecule has 0 saturated heterocycles. The van der Waals surface area contributed by atoms with Crippen LogP contribution in [0.1, 0.15) is 11.1 Å². The molecule has 7 aromatic carbocycles. The number of aryl methyl sites for hydroxylation is 1. The first kappa shape index (κ1) is 27.7. The van der Waals surface area contributed by atoms with Gasteiger partial charge >= 0.3 is 8.24 Å². The van der Waals surface area contributed by atoms with Gasteiger partial charge in [-0.1, -0.05) is 127 Å². The Morgan fingerprint density at radius 2 is 1.00 bits per heavy atom. The van der Waals surface area contributed by atoms with Gasteiger partial charge in [0.05, 0.1) is 0 Å². The van der Waals surface area contributed by atoms with E-state index in [0.717, 1.165) is 65.7 Å². The Kier molecular flexibility index (Phi) is 7.15. The van der Waals surface area contributed by atoms with Gasteiger partial charge in [0.1, 0.15) is 16.9 Å². The highest BCUT2D eigenvalue weighted by molar-refractivity contribution is 7.80. The summed E-state index contributed by atoms with van der Waals surface area (Å²) in [6.45, 7) is 4.26. The lowest BCUT2D eigenvalue weighted by molar-refractivity contribution is 0.498. The molecule has 0 aliphatic rings. The van der Waals surface area contributed by atoms with Crippen LogP contribution in [0.5, 0.6) is 5.75 Å². The molecular weight excluding hydrogens is 590 g/mol. The number of rotatable bonds is 5. The predicted molar refractivity (Wildman–Crippen MR) is 192 cm³/mol. The first-order chi connectivity index (χ1) is 22.2. The van der Waals surface area contributed by atoms with E-state index in [0.29, 0.717) is 0 Å². The van der Waals surface area contributed by atoms with Crippen molar-refractivity contribution in [2.24, 2.45) is 0 Å². The topological polar surface area (TPSA) is 35.5 Å². The lowest BCUT2D eigenvalue weighted by atomic mass is 9.99. The number of benzene rings is 7. The maximum atomic E-state index is 6.98. The van der Waals surface area contributed by atoms with E-state index < -0.39 is 16.2 Å². The van der Waals surface area contributed by atoms with Crippen LogP contribution in [0, 0.1) is 13.8 Å². The van der Waals surface area contributed by atoms with Gasteiger partial charge < -0.3 is 12.9 Å². The molecule has 0 fully saturated rings. The highest BCUT2D eigenvalue weighted by Crippen LogP contribution is 2.45. The molecule has 0 aliphatic carbocycles. The Balaban J connectivity index is 1.41. The molecule has 0 aliphatic heterocycles. The zero-order valence-electron chi connectivity index (χ0n) is 25.0. The molecule has 45 heavy (non-hydrogen) atoms. The van der Waals surface area contributed by atoms with Crippen molar-refractivity contribution in [3.8, 4) is 5.75 Å². The summed E-state index contributed by atoms with van der Waals surface area (Å²) in [5, 5.41) is 10.3. The van der Waals surface area contributed by atoms with E-state index in [1.807, 2.05) is 0 Å². The predicted octanol–water partition coefficient (Wildman–Crippen LogP) is 10.8. The highest BCUT2D eigenvalue weighted by Gasteiger charge is 2.24. The minimum Gasteiger partial charge on any atom is -0.390 e. The molecule has 0 bridgehead atoms. The van der Waals surface area contributed by atoms with E-state index in [9.17, 15) is 0 Å². The minimum atomic E-state index is -1.86. The molecule has 0 saturated carbocycles. The molecule has 0 radical (unpaired) electrons. The van der Waals surface area contributed by atoms with E-state index in [-0.39, 0.29) is 0 Å². The maximum absolute atomic E-state index is 6.98. The molecule has 3 nitrogen and oxygen atoms in total. The average Bonchev–Trinajstić information content (AvgIpc) is 3.25. The maximum Gasteiger partial charge on any atom is 0.453 e. The molecule has 5 heteroatoms. The van der Waals surface area contributed by atoms with E-state index in [1.54, 1.807) is 0 Å². The van der Waals surface area contributed by atoms with Crippen LogP contribution in [0.4, 0.5) is 0 Å². The van der Waals surface area contributed by atoms with Gasteiger partial charge in [0.2, 0.25) is 0 Å². The summed E-state index contributed by atoms with van der Waals surface area (Å²) in [5.74, 6) is 0.825. The molecule has 1 aromatic heterocycles. The third-order valence-corrected chi connectivity index (χ3v) is 12.0. The smallest absolute Gasteiger partial charge is 0.390 e.